The Labute approximate surface area is 207 Å². The Hall–Kier alpha value is -2.78. The van der Waals surface area contributed by atoms with Gasteiger partial charge in [-0.1, -0.05) is 0 Å². The van der Waals surface area contributed by atoms with Gasteiger partial charge in [0, 0.05) is 37.6 Å². The first kappa shape index (κ1) is 25.3. The van der Waals surface area contributed by atoms with E-state index in [0.717, 1.165) is 18.4 Å². The molecule has 1 unspecified atom stereocenters. The number of hydrogen-bond donors (Lipinski definition) is 1. The Balaban J connectivity index is 1.48. The van der Waals surface area contributed by atoms with Crippen molar-refractivity contribution in [2.24, 2.45) is 0 Å². The Kier molecular flexibility index (Phi) is 7.28. The molecule has 9 heteroatoms. The molecule has 1 fully saturated rings. The maximum Gasteiger partial charge on any atom is 0.243 e. The molecule has 0 bridgehead atoms. The lowest BCUT2D eigenvalue weighted by atomic mass is 9.89. The molecule has 8 nitrogen and oxygen atoms in total. The minimum Gasteiger partial charge on any atom is -0.497 e. The van der Waals surface area contributed by atoms with Crippen molar-refractivity contribution in [3.05, 3.63) is 47.5 Å². The van der Waals surface area contributed by atoms with E-state index >= 15 is 0 Å². The highest BCUT2D eigenvalue weighted by Gasteiger charge is 2.35. The fraction of sp³-hybridized carbons (Fsp3) is 0.500. The van der Waals surface area contributed by atoms with Gasteiger partial charge < -0.3 is 19.5 Å². The van der Waals surface area contributed by atoms with Gasteiger partial charge in [0.25, 0.3) is 0 Å². The highest BCUT2D eigenvalue weighted by atomic mass is 32.2. The van der Waals surface area contributed by atoms with Gasteiger partial charge in [-0.25, -0.2) is 8.42 Å². The molecule has 1 saturated heterocycles. The average Bonchev–Trinajstić information content (AvgIpc) is 3.37. The maximum absolute atomic E-state index is 13.0. The number of nitrogens with zero attached hydrogens (tertiary/aromatic N) is 1. The number of methoxy groups -OCH3 is 2. The lowest BCUT2D eigenvalue weighted by molar-refractivity contribution is -0.122. The molecule has 190 valence electrons. The number of aryl methyl sites for hydroxylation is 1. The summed E-state index contributed by atoms with van der Waals surface area (Å²) in [6.45, 7) is 5.07. The quantitative estimate of drug-likeness (QED) is 0.590. The molecule has 2 aliphatic rings. The first-order valence-electron chi connectivity index (χ1n) is 12.0. The summed E-state index contributed by atoms with van der Waals surface area (Å²) in [5.41, 5.74) is 1.16. The van der Waals surface area contributed by atoms with Crippen LogP contribution in [0.5, 0.6) is 17.2 Å². The third kappa shape index (κ3) is 5.56. The highest BCUT2D eigenvalue weighted by Crippen LogP contribution is 2.41. The zero-order valence-corrected chi connectivity index (χ0v) is 21.6. The fourth-order valence-electron chi connectivity index (χ4n) is 4.79. The molecule has 1 amide bonds. The maximum atomic E-state index is 13.0. The molecule has 2 heterocycles. The number of fused-ring (bicyclic) bond motifs is 1. The van der Waals surface area contributed by atoms with E-state index in [2.05, 4.69) is 5.32 Å². The van der Waals surface area contributed by atoms with Gasteiger partial charge in [0.1, 0.15) is 22.8 Å². The number of carbonyl (C=O) groups excluding carboxylic acids is 1. The molecule has 0 radical (unpaired) electrons. The van der Waals surface area contributed by atoms with Crippen molar-refractivity contribution in [3.8, 4) is 17.2 Å². The van der Waals surface area contributed by atoms with Crippen LogP contribution >= 0.6 is 0 Å². The number of carbonyl (C=O) groups is 1. The van der Waals surface area contributed by atoms with Gasteiger partial charge in [0.15, 0.2) is 0 Å². The van der Waals surface area contributed by atoms with Crippen LogP contribution < -0.4 is 19.5 Å². The number of benzene rings is 2. The zero-order chi connectivity index (χ0) is 25.2. The lowest BCUT2D eigenvalue weighted by Crippen LogP contribution is -2.41. The molecule has 0 aliphatic carbocycles. The van der Waals surface area contributed by atoms with Crippen LogP contribution in [0.25, 0.3) is 0 Å². The van der Waals surface area contributed by atoms with E-state index in [1.807, 2.05) is 32.0 Å². The molecule has 35 heavy (non-hydrogen) atoms. The summed E-state index contributed by atoms with van der Waals surface area (Å²) >= 11 is 0. The monoisotopic (exact) mass is 502 g/mol. The summed E-state index contributed by atoms with van der Waals surface area (Å²) < 4.78 is 44.4. The Morgan fingerprint density at radius 2 is 1.86 bits per heavy atom. The molecule has 2 aromatic rings. The summed E-state index contributed by atoms with van der Waals surface area (Å²) in [6.07, 6.45) is 2.95. The van der Waals surface area contributed by atoms with Gasteiger partial charge in [-0.2, -0.15) is 4.31 Å². The summed E-state index contributed by atoms with van der Waals surface area (Å²) in [7, 11) is -0.396. The van der Waals surface area contributed by atoms with Crippen molar-refractivity contribution in [1.82, 2.24) is 9.62 Å². The molecule has 1 N–H and O–H groups in total. The van der Waals surface area contributed by atoms with Crippen LogP contribution in [-0.2, 0) is 21.2 Å². The van der Waals surface area contributed by atoms with Gasteiger partial charge in [0.2, 0.25) is 15.9 Å². The molecule has 0 aromatic heterocycles. The Bertz CT molecular complexity index is 1190. The third-order valence-corrected chi connectivity index (χ3v) is 8.48. The Morgan fingerprint density at radius 1 is 1.11 bits per heavy atom. The largest absolute Gasteiger partial charge is 0.497 e. The van der Waals surface area contributed by atoms with Crippen LogP contribution in [0.15, 0.2) is 41.3 Å². The molecule has 2 aromatic carbocycles. The van der Waals surface area contributed by atoms with Crippen molar-refractivity contribution < 1.29 is 27.4 Å². The van der Waals surface area contributed by atoms with E-state index in [-0.39, 0.29) is 23.3 Å². The van der Waals surface area contributed by atoms with Crippen molar-refractivity contribution in [1.29, 1.82) is 0 Å². The van der Waals surface area contributed by atoms with Gasteiger partial charge in [0.05, 0.1) is 25.2 Å². The van der Waals surface area contributed by atoms with Crippen LogP contribution in [0, 0.1) is 0 Å². The van der Waals surface area contributed by atoms with Crippen molar-refractivity contribution in [3.63, 3.8) is 0 Å². The number of rotatable bonds is 8. The fourth-order valence-corrected chi connectivity index (χ4v) is 6.36. The second kappa shape index (κ2) is 10.1. The van der Waals surface area contributed by atoms with Gasteiger partial charge in [-0.3, -0.25) is 4.79 Å². The van der Waals surface area contributed by atoms with Crippen LogP contribution in [0.1, 0.15) is 56.7 Å². The third-order valence-electron chi connectivity index (χ3n) is 6.59. The number of hydrogen-bond acceptors (Lipinski definition) is 6. The predicted octanol–water partition coefficient (Wildman–Crippen LogP) is 3.84. The van der Waals surface area contributed by atoms with Crippen molar-refractivity contribution >= 4 is 15.9 Å². The van der Waals surface area contributed by atoms with Gasteiger partial charge in [-0.15, -0.1) is 0 Å². The summed E-state index contributed by atoms with van der Waals surface area (Å²) in [4.78, 5) is 13.2. The van der Waals surface area contributed by atoms with Gasteiger partial charge >= 0.3 is 0 Å². The summed E-state index contributed by atoms with van der Waals surface area (Å²) in [5.74, 6) is 1.85. The molecule has 4 rings (SSSR count). The van der Waals surface area contributed by atoms with Crippen molar-refractivity contribution in [2.75, 3.05) is 27.3 Å². The number of sulfonamides is 1. The van der Waals surface area contributed by atoms with E-state index in [4.69, 9.17) is 14.2 Å². The van der Waals surface area contributed by atoms with Gasteiger partial charge in [-0.05, 0) is 69.0 Å². The van der Waals surface area contributed by atoms with E-state index in [1.165, 1.54) is 4.31 Å². The van der Waals surface area contributed by atoms with E-state index in [1.54, 1.807) is 32.4 Å². The number of ether oxygens (including phenoxy) is 3. The predicted molar refractivity (Wildman–Crippen MR) is 133 cm³/mol. The van der Waals surface area contributed by atoms with Crippen LogP contribution in [-0.4, -0.2) is 51.5 Å². The summed E-state index contributed by atoms with van der Waals surface area (Å²) in [6, 6.07) is 10.3. The second-order valence-electron chi connectivity index (χ2n) is 9.67. The minimum atomic E-state index is -3.55. The van der Waals surface area contributed by atoms with E-state index in [9.17, 15) is 13.2 Å². The normalized spacial score (nSPS) is 19.5. The summed E-state index contributed by atoms with van der Waals surface area (Å²) in [5, 5.41) is 3.14. The van der Waals surface area contributed by atoms with Crippen LogP contribution in [0.2, 0.25) is 0 Å². The smallest absolute Gasteiger partial charge is 0.243 e. The number of nitrogens with one attached hydrogen (secondary N) is 1. The standard InChI is InChI=1S/C26H34N2O6S/c1-26(2)17-22(21-10-8-19(32-3)16-24(21)34-26)27-25(29)12-7-18-15-20(9-11-23(18)33-4)35(30,31)28-13-5-6-14-28/h8-11,15-16,22H,5-7,12-14,17H2,1-4H3,(H,27,29). The molecule has 2 aliphatic heterocycles. The second-order valence-corrected chi connectivity index (χ2v) is 11.6. The molecule has 0 saturated carbocycles. The topological polar surface area (TPSA) is 94.2 Å². The Morgan fingerprint density at radius 3 is 2.54 bits per heavy atom. The highest BCUT2D eigenvalue weighted by molar-refractivity contribution is 7.89. The van der Waals surface area contributed by atoms with Crippen LogP contribution in [0.3, 0.4) is 0 Å². The SMILES string of the molecule is COc1ccc2c(c1)OC(C)(C)CC2NC(=O)CCc1cc(S(=O)(=O)N2CCCC2)ccc1OC. The zero-order valence-electron chi connectivity index (χ0n) is 20.8. The van der Waals surface area contributed by atoms with E-state index in [0.29, 0.717) is 48.7 Å². The lowest BCUT2D eigenvalue weighted by Gasteiger charge is -2.38. The first-order chi connectivity index (χ1) is 16.6. The molecular formula is C26H34N2O6S. The minimum absolute atomic E-state index is 0.121. The average molecular weight is 503 g/mol. The molecule has 0 spiro atoms. The van der Waals surface area contributed by atoms with Crippen LogP contribution in [0.4, 0.5) is 0 Å². The molecule has 1 atom stereocenters. The van der Waals surface area contributed by atoms with Crippen molar-refractivity contribution in [2.45, 2.75) is 62.5 Å². The van der Waals surface area contributed by atoms with E-state index < -0.39 is 15.6 Å². The first-order valence-corrected chi connectivity index (χ1v) is 13.4. The number of amides is 1. The molecular weight excluding hydrogens is 468 g/mol.